The van der Waals surface area contributed by atoms with Crippen molar-refractivity contribution < 1.29 is 17.6 Å². The summed E-state index contributed by atoms with van der Waals surface area (Å²) in [6.45, 7) is -0.0176. The Morgan fingerprint density at radius 1 is 1.19 bits per heavy atom. The summed E-state index contributed by atoms with van der Waals surface area (Å²) in [6.07, 6.45) is -4.33. The lowest BCUT2D eigenvalue weighted by molar-refractivity contribution is -0.246. The van der Waals surface area contributed by atoms with Crippen LogP contribution in [-0.2, 0) is 0 Å². The Kier molecular flexibility index (Phi) is 3.12. The maximum atomic E-state index is 12.7. The topological polar surface area (TPSA) is 3.24 Å². The smallest absolute Gasteiger partial charge is 0.207 e. The minimum Gasteiger partial charge on any atom is -0.207 e. The fraction of sp³-hybridized carbons (Fsp3) is 0.400. The molecule has 1 aliphatic heterocycles. The molecule has 1 saturated heterocycles. The van der Waals surface area contributed by atoms with Crippen molar-refractivity contribution in [3.8, 4) is 0 Å². The molecule has 0 spiro atoms. The number of halogens is 4. The number of hydrogen-bond donors (Lipinski definition) is 0. The van der Waals surface area contributed by atoms with Gasteiger partial charge in [-0.1, -0.05) is 12.1 Å². The predicted octanol–water partition coefficient (Wildman–Crippen LogP) is 3.39. The molecule has 0 N–H and O–H groups in total. The lowest BCUT2D eigenvalue weighted by Crippen LogP contribution is -2.37. The molecule has 6 heteroatoms. The average molecular weight is 251 g/mol. The predicted molar refractivity (Wildman–Crippen MR) is 54.4 cm³/mol. The van der Waals surface area contributed by atoms with Crippen LogP contribution in [0.3, 0.4) is 0 Å². The van der Waals surface area contributed by atoms with E-state index in [4.69, 9.17) is 0 Å². The molecule has 1 unspecified atom stereocenters. The van der Waals surface area contributed by atoms with Gasteiger partial charge in [0.2, 0.25) is 0 Å². The first-order valence-electron chi connectivity index (χ1n) is 4.69. The molecule has 1 aromatic rings. The van der Waals surface area contributed by atoms with Gasteiger partial charge in [0.15, 0.2) is 0 Å². The summed E-state index contributed by atoms with van der Waals surface area (Å²) in [5.74, 6) is -0.00744. The van der Waals surface area contributed by atoms with Crippen LogP contribution in [0.1, 0.15) is 10.9 Å². The first kappa shape index (κ1) is 11.7. The summed E-state index contributed by atoms with van der Waals surface area (Å²) in [7, 11) is 0. The van der Waals surface area contributed by atoms with Gasteiger partial charge in [0, 0.05) is 12.3 Å². The highest BCUT2D eigenvalue weighted by molar-refractivity contribution is 7.99. The molecule has 1 fully saturated rings. The number of benzene rings is 1. The molecule has 0 aromatic heterocycles. The van der Waals surface area contributed by atoms with Crippen molar-refractivity contribution in [2.24, 2.45) is 0 Å². The van der Waals surface area contributed by atoms with Crippen LogP contribution in [0.25, 0.3) is 0 Å². The third-order valence-corrected chi connectivity index (χ3v) is 3.63. The van der Waals surface area contributed by atoms with Crippen molar-refractivity contribution in [1.82, 2.24) is 4.90 Å². The van der Waals surface area contributed by atoms with Crippen LogP contribution in [0.15, 0.2) is 24.3 Å². The van der Waals surface area contributed by atoms with Crippen LogP contribution >= 0.6 is 11.8 Å². The van der Waals surface area contributed by atoms with Crippen LogP contribution in [0.2, 0.25) is 0 Å². The van der Waals surface area contributed by atoms with E-state index in [2.05, 4.69) is 0 Å². The Morgan fingerprint density at radius 3 is 2.38 bits per heavy atom. The Hall–Kier alpha value is -0.750. The quantitative estimate of drug-likeness (QED) is 0.556. The average Bonchev–Trinajstić information content (AvgIpc) is 2.66. The highest BCUT2D eigenvalue weighted by Crippen LogP contribution is 2.43. The zero-order valence-electron chi connectivity index (χ0n) is 8.17. The zero-order chi connectivity index (χ0) is 11.8. The van der Waals surface area contributed by atoms with Gasteiger partial charge in [0.05, 0.1) is 5.37 Å². The summed E-state index contributed by atoms with van der Waals surface area (Å²) < 4.78 is 50.5. The molecule has 0 amide bonds. The number of alkyl halides is 3. The second-order valence-electron chi connectivity index (χ2n) is 3.44. The third-order valence-electron chi connectivity index (χ3n) is 2.37. The monoisotopic (exact) mass is 251 g/mol. The van der Waals surface area contributed by atoms with E-state index in [0.717, 1.165) is 0 Å². The minimum atomic E-state index is -4.33. The van der Waals surface area contributed by atoms with Crippen LogP contribution in [0.4, 0.5) is 17.6 Å². The van der Waals surface area contributed by atoms with Gasteiger partial charge < -0.3 is 0 Å². The number of nitrogens with zero attached hydrogens (tertiary/aromatic N) is 1. The van der Waals surface area contributed by atoms with Crippen LogP contribution in [0, 0.1) is 5.82 Å². The van der Waals surface area contributed by atoms with Crippen molar-refractivity contribution in [3.05, 3.63) is 35.6 Å². The second-order valence-corrected chi connectivity index (χ2v) is 4.62. The van der Waals surface area contributed by atoms with E-state index in [1.165, 1.54) is 36.0 Å². The first-order chi connectivity index (χ1) is 7.48. The van der Waals surface area contributed by atoms with Crippen molar-refractivity contribution in [3.63, 3.8) is 0 Å². The van der Waals surface area contributed by atoms with Crippen LogP contribution in [0.5, 0.6) is 0 Å². The van der Waals surface area contributed by atoms with Gasteiger partial charge in [-0.15, -0.1) is 11.8 Å². The highest BCUT2D eigenvalue weighted by Gasteiger charge is 2.45. The lowest BCUT2D eigenvalue weighted by Gasteiger charge is -2.25. The van der Waals surface area contributed by atoms with Gasteiger partial charge in [0.1, 0.15) is 5.82 Å². The van der Waals surface area contributed by atoms with E-state index < -0.39 is 17.5 Å². The van der Waals surface area contributed by atoms with Crippen LogP contribution < -0.4 is 0 Å². The van der Waals surface area contributed by atoms with Gasteiger partial charge in [-0.25, -0.2) is 4.39 Å². The van der Waals surface area contributed by atoms with Gasteiger partial charge >= 0.3 is 6.30 Å². The van der Waals surface area contributed by atoms with E-state index in [0.29, 0.717) is 16.2 Å². The minimum absolute atomic E-state index is 0.0176. The molecule has 16 heavy (non-hydrogen) atoms. The van der Waals surface area contributed by atoms with E-state index in [-0.39, 0.29) is 6.54 Å². The van der Waals surface area contributed by atoms with Crippen molar-refractivity contribution in [2.75, 3.05) is 12.3 Å². The number of thioether (sulfide) groups is 1. The van der Waals surface area contributed by atoms with Crippen molar-refractivity contribution in [1.29, 1.82) is 0 Å². The van der Waals surface area contributed by atoms with Gasteiger partial charge in [-0.3, -0.25) is 0 Å². The Morgan fingerprint density at radius 2 is 1.81 bits per heavy atom. The van der Waals surface area contributed by atoms with Gasteiger partial charge in [-0.05, 0) is 17.7 Å². The maximum Gasteiger partial charge on any atom is 0.461 e. The third kappa shape index (κ3) is 2.32. The zero-order valence-corrected chi connectivity index (χ0v) is 8.98. The number of hydrogen-bond acceptors (Lipinski definition) is 2. The van der Waals surface area contributed by atoms with Gasteiger partial charge in [-0.2, -0.15) is 18.1 Å². The summed E-state index contributed by atoms with van der Waals surface area (Å²) >= 11 is 1.22. The van der Waals surface area contributed by atoms with E-state index >= 15 is 0 Å². The van der Waals surface area contributed by atoms with Gasteiger partial charge in [0.25, 0.3) is 0 Å². The molecular weight excluding hydrogens is 242 g/mol. The molecule has 1 aliphatic rings. The van der Waals surface area contributed by atoms with Crippen LogP contribution in [-0.4, -0.2) is 23.5 Å². The Labute approximate surface area is 94.4 Å². The molecule has 1 nitrogen and oxygen atoms in total. The standard InChI is InChI=1S/C10H9F4NS/c11-8-3-1-7(2-4-8)9-15(5-6-16-9)10(12,13)14/h1-4,9H,5-6H2. The second kappa shape index (κ2) is 4.25. The maximum absolute atomic E-state index is 12.7. The molecule has 0 radical (unpaired) electrons. The van der Waals surface area contributed by atoms with E-state index in [9.17, 15) is 17.6 Å². The Balaban J connectivity index is 2.23. The molecule has 0 saturated carbocycles. The molecule has 1 aromatic carbocycles. The highest BCUT2D eigenvalue weighted by atomic mass is 32.2. The summed E-state index contributed by atoms with van der Waals surface area (Å²) in [6, 6.07) is 5.17. The van der Waals surface area contributed by atoms with Crippen molar-refractivity contribution in [2.45, 2.75) is 11.7 Å². The molecule has 88 valence electrons. The molecular formula is C10H9F4NS. The SMILES string of the molecule is Fc1ccc(C2SCCN2C(F)(F)F)cc1. The first-order valence-corrected chi connectivity index (χ1v) is 5.74. The molecule has 0 aliphatic carbocycles. The molecule has 1 atom stereocenters. The Bertz CT molecular complexity index is 362. The van der Waals surface area contributed by atoms with E-state index in [1.54, 1.807) is 0 Å². The summed E-state index contributed by atoms with van der Waals surface area (Å²) in [5, 5.41) is -0.749. The summed E-state index contributed by atoms with van der Waals surface area (Å²) in [5.41, 5.74) is 0.487. The molecule has 2 rings (SSSR count). The molecule has 0 bridgehead atoms. The lowest BCUT2D eigenvalue weighted by atomic mass is 10.2. The number of rotatable bonds is 1. The largest absolute Gasteiger partial charge is 0.461 e. The van der Waals surface area contributed by atoms with E-state index in [1.807, 2.05) is 0 Å². The fourth-order valence-corrected chi connectivity index (χ4v) is 2.91. The van der Waals surface area contributed by atoms with Crippen molar-refractivity contribution >= 4 is 11.8 Å². The normalized spacial score (nSPS) is 22.6. The molecule has 1 heterocycles. The summed E-state index contributed by atoms with van der Waals surface area (Å²) in [4.78, 5) is 0.477. The fourth-order valence-electron chi connectivity index (χ4n) is 1.63.